The van der Waals surface area contributed by atoms with Gasteiger partial charge in [0.2, 0.25) is 5.69 Å². The molecule has 0 atom stereocenters. The van der Waals surface area contributed by atoms with E-state index < -0.39 is 0 Å². The molecule has 1 nitrogen and oxygen atoms in total. The molecule has 0 fully saturated rings. The van der Waals surface area contributed by atoms with Crippen LogP contribution >= 0.6 is 0 Å². The molecule has 1 aliphatic carbocycles. The summed E-state index contributed by atoms with van der Waals surface area (Å²) < 4.78 is 2.60. The Hall–Kier alpha value is -1.63. The number of rotatable bonds is 2. The molecule has 1 aromatic heterocycles. The summed E-state index contributed by atoms with van der Waals surface area (Å²) in [5.41, 5.74) is 8.36. The van der Waals surface area contributed by atoms with E-state index in [2.05, 4.69) is 82.6 Å². The second-order valence-corrected chi connectivity index (χ2v) is 9.89. The Morgan fingerprint density at radius 2 is 1.58 bits per heavy atom. The summed E-state index contributed by atoms with van der Waals surface area (Å²) in [6, 6.07) is 11.9. The lowest BCUT2D eigenvalue weighted by Crippen LogP contribution is -2.56. The lowest BCUT2D eigenvalue weighted by molar-refractivity contribution is -0.757. The van der Waals surface area contributed by atoms with Gasteiger partial charge in [-0.05, 0) is 52.5 Å². The van der Waals surface area contributed by atoms with E-state index in [0.29, 0.717) is 0 Å². The predicted octanol–water partition coefficient (Wildman–Crippen LogP) is 6.06. The summed E-state index contributed by atoms with van der Waals surface area (Å²) in [4.78, 5) is 0. The second kappa shape index (κ2) is 5.68. The third-order valence-electron chi connectivity index (χ3n) is 7.41. The predicted molar refractivity (Wildman–Crippen MR) is 110 cm³/mol. The lowest BCUT2D eigenvalue weighted by Gasteiger charge is -2.26. The highest BCUT2D eigenvalue weighted by molar-refractivity contribution is 5.67. The van der Waals surface area contributed by atoms with Crippen molar-refractivity contribution in [3.05, 3.63) is 53.2 Å². The fraction of sp³-hybridized carbons (Fsp3) is 0.560. The molecule has 0 saturated heterocycles. The van der Waals surface area contributed by atoms with Crippen molar-refractivity contribution < 1.29 is 4.57 Å². The molecule has 1 heteroatoms. The molecule has 2 heterocycles. The van der Waals surface area contributed by atoms with E-state index in [9.17, 15) is 0 Å². The maximum absolute atomic E-state index is 2.60. The molecular formula is C25H34N+. The van der Waals surface area contributed by atoms with Gasteiger partial charge >= 0.3 is 0 Å². The van der Waals surface area contributed by atoms with E-state index in [1.54, 1.807) is 16.7 Å². The lowest BCUT2D eigenvalue weighted by atomic mass is 9.82. The van der Waals surface area contributed by atoms with E-state index in [0.717, 1.165) is 0 Å². The van der Waals surface area contributed by atoms with Crippen LogP contribution in [0.5, 0.6) is 0 Å². The highest BCUT2D eigenvalue weighted by Crippen LogP contribution is 2.51. The summed E-state index contributed by atoms with van der Waals surface area (Å²) in [7, 11) is 0. The van der Waals surface area contributed by atoms with Gasteiger partial charge in [0.1, 0.15) is 0 Å². The van der Waals surface area contributed by atoms with Crippen molar-refractivity contribution in [2.75, 3.05) is 0 Å². The SMILES string of the molecule is CCC1(CC)CCc2cc3c(cc2-c2cccc[n+]21)C(C)(C)CC3(C)C. The molecule has 0 spiro atoms. The van der Waals surface area contributed by atoms with Crippen molar-refractivity contribution in [3.63, 3.8) is 0 Å². The molecule has 1 aliphatic heterocycles. The first-order chi connectivity index (χ1) is 12.2. The molecule has 138 valence electrons. The molecule has 0 unspecified atom stereocenters. The molecule has 2 aromatic rings. The van der Waals surface area contributed by atoms with Crippen molar-refractivity contribution in [2.24, 2.45) is 0 Å². The van der Waals surface area contributed by atoms with Crippen LogP contribution in [0.15, 0.2) is 36.5 Å². The number of pyridine rings is 1. The van der Waals surface area contributed by atoms with Gasteiger partial charge in [-0.2, -0.15) is 4.57 Å². The summed E-state index contributed by atoms with van der Waals surface area (Å²) in [6.07, 6.45) is 8.35. The molecule has 0 amide bonds. The highest BCUT2D eigenvalue weighted by atomic mass is 15.1. The molecule has 26 heavy (non-hydrogen) atoms. The first kappa shape index (κ1) is 17.8. The summed E-state index contributed by atoms with van der Waals surface area (Å²) in [5, 5.41) is 0. The minimum atomic E-state index is 0.241. The van der Waals surface area contributed by atoms with Gasteiger partial charge in [0.05, 0.1) is 0 Å². The topological polar surface area (TPSA) is 3.88 Å². The summed E-state index contributed by atoms with van der Waals surface area (Å²) in [6.45, 7) is 14.4. The van der Waals surface area contributed by atoms with Crippen LogP contribution < -0.4 is 4.57 Å². The van der Waals surface area contributed by atoms with Crippen LogP contribution in [-0.2, 0) is 22.8 Å². The van der Waals surface area contributed by atoms with Gasteiger partial charge in [-0.15, -0.1) is 0 Å². The van der Waals surface area contributed by atoms with Crippen LogP contribution in [0, 0.1) is 0 Å². The quantitative estimate of drug-likeness (QED) is 0.581. The third kappa shape index (κ3) is 2.39. The van der Waals surface area contributed by atoms with Gasteiger partial charge in [0.25, 0.3) is 0 Å². The standard InChI is InChI=1S/C25H34N/c1-7-25(8-2)13-12-18-15-20-21(24(5,6)17-23(20,3)4)16-19(18)22-11-9-10-14-26(22)25/h9-11,14-16H,7-8,12-13,17H2,1-6H3/q+1. The van der Waals surface area contributed by atoms with Gasteiger partial charge < -0.3 is 0 Å². The first-order valence-electron chi connectivity index (χ1n) is 10.4. The Balaban J connectivity index is 2.00. The average Bonchev–Trinajstić information content (AvgIpc) is 2.72. The largest absolute Gasteiger partial charge is 0.213 e. The average molecular weight is 349 g/mol. The fourth-order valence-corrected chi connectivity index (χ4v) is 6.01. The second-order valence-electron chi connectivity index (χ2n) is 9.89. The van der Waals surface area contributed by atoms with Crippen LogP contribution in [0.4, 0.5) is 0 Å². The van der Waals surface area contributed by atoms with Gasteiger partial charge in [-0.25, -0.2) is 0 Å². The molecule has 2 aliphatic rings. The Bertz CT molecular complexity index is 852. The summed E-state index contributed by atoms with van der Waals surface area (Å²) in [5.74, 6) is 0. The smallest absolute Gasteiger partial charge is 0.193 e. The maximum Gasteiger partial charge on any atom is 0.213 e. The third-order valence-corrected chi connectivity index (χ3v) is 7.41. The number of hydrogen-bond donors (Lipinski definition) is 0. The molecule has 0 bridgehead atoms. The number of aromatic nitrogens is 1. The van der Waals surface area contributed by atoms with Crippen LogP contribution in [-0.4, -0.2) is 0 Å². The van der Waals surface area contributed by atoms with E-state index in [4.69, 9.17) is 0 Å². The van der Waals surface area contributed by atoms with E-state index in [1.807, 2.05) is 0 Å². The monoisotopic (exact) mass is 348 g/mol. The van der Waals surface area contributed by atoms with E-state index in [1.165, 1.54) is 43.4 Å². The fourth-order valence-electron chi connectivity index (χ4n) is 6.01. The van der Waals surface area contributed by atoms with Crippen molar-refractivity contribution in [2.45, 2.75) is 90.0 Å². The molecule has 4 rings (SSSR count). The number of nitrogens with zero attached hydrogens (tertiary/aromatic N) is 1. The first-order valence-corrected chi connectivity index (χ1v) is 10.4. The Morgan fingerprint density at radius 3 is 2.23 bits per heavy atom. The van der Waals surface area contributed by atoms with Crippen LogP contribution in [0.1, 0.15) is 83.9 Å². The Morgan fingerprint density at radius 1 is 0.923 bits per heavy atom. The Labute approximate surface area is 159 Å². The van der Waals surface area contributed by atoms with Gasteiger partial charge in [-0.1, -0.05) is 47.6 Å². The van der Waals surface area contributed by atoms with Crippen molar-refractivity contribution in [1.82, 2.24) is 0 Å². The number of fused-ring (bicyclic) bond motifs is 4. The van der Waals surface area contributed by atoms with Crippen LogP contribution in [0.3, 0.4) is 0 Å². The number of benzene rings is 1. The zero-order chi connectivity index (χ0) is 18.7. The normalized spacial score (nSPS) is 21.5. The minimum Gasteiger partial charge on any atom is -0.193 e. The minimum absolute atomic E-state index is 0.241. The van der Waals surface area contributed by atoms with Crippen molar-refractivity contribution >= 4 is 0 Å². The molecular weight excluding hydrogens is 314 g/mol. The van der Waals surface area contributed by atoms with Crippen LogP contribution in [0.2, 0.25) is 0 Å². The van der Waals surface area contributed by atoms with Crippen molar-refractivity contribution in [3.8, 4) is 11.3 Å². The molecule has 0 N–H and O–H groups in total. The highest BCUT2D eigenvalue weighted by Gasteiger charge is 2.45. The maximum atomic E-state index is 2.60. The zero-order valence-corrected chi connectivity index (χ0v) is 17.4. The van der Waals surface area contributed by atoms with Crippen molar-refractivity contribution in [1.29, 1.82) is 0 Å². The van der Waals surface area contributed by atoms with E-state index >= 15 is 0 Å². The van der Waals surface area contributed by atoms with Gasteiger partial charge in [0, 0.05) is 37.0 Å². The number of aryl methyl sites for hydroxylation is 1. The van der Waals surface area contributed by atoms with Gasteiger partial charge in [0.15, 0.2) is 11.7 Å². The van der Waals surface area contributed by atoms with Crippen LogP contribution in [0.25, 0.3) is 11.3 Å². The number of hydrogen-bond acceptors (Lipinski definition) is 0. The Kier molecular flexibility index (Phi) is 3.88. The summed E-state index contributed by atoms with van der Waals surface area (Å²) >= 11 is 0. The van der Waals surface area contributed by atoms with Gasteiger partial charge in [-0.3, -0.25) is 0 Å². The zero-order valence-electron chi connectivity index (χ0n) is 17.4. The van der Waals surface area contributed by atoms with E-state index in [-0.39, 0.29) is 16.4 Å². The molecule has 0 saturated carbocycles. The molecule has 1 aromatic carbocycles. The molecule has 0 radical (unpaired) electrons.